The van der Waals surface area contributed by atoms with Crippen molar-refractivity contribution < 1.29 is 0 Å². The molecule has 0 saturated heterocycles. The largest absolute Gasteiger partial charge is 0.316 e. The number of hydrogen-bond donors (Lipinski definition) is 1. The maximum Gasteiger partial charge on any atom is 0.209 e. The van der Waals surface area contributed by atoms with Crippen molar-refractivity contribution in [1.29, 1.82) is 0 Å². The molecule has 1 aromatic rings. The van der Waals surface area contributed by atoms with E-state index in [1.54, 1.807) is 0 Å². The monoisotopic (exact) mass is 281 g/mol. The molecule has 0 spiro atoms. The lowest BCUT2D eigenvalue weighted by Crippen LogP contribution is -2.45. The summed E-state index contributed by atoms with van der Waals surface area (Å²) in [5, 5.41) is 17.3. The van der Waals surface area contributed by atoms with E-state index < -0.39 is 0 Å². The zero-order valence-electron chi connectivity index (χ0n) is 11.9. The molecule has 19 heavy (non-hydrogen) atoms. The van der Waals surface area contributed by atoms with Crippen LogP contribution in [0.15, 0.2) is 5.16 Å². The number of tetrazole rings is 1. The fraction of sp³-hybridized carbons (Fsp3) is 0.923. The average molecular weight is 281 g/mol. The molecule has 2 aliphatic rings. The van der Waals surface area contributed by atoms with E-state index in [9.17, 15) is 0 Å². The third-order valence-electron chi connectivity index (χ3n) is 4.36. The van der Waals surface area contributed by atoms with Gasteiger partial charge in [-0.1, -0.05) is 25.6 Å². The van der Waals surface area contributed by atoms with Crippen LogP contribution in [0.4, 0.5) is 0 Å². The molecule has 4 atom stereocenters. The van der Waals surface area contributed by atoms with Crippen molar-refractivity contribution in [3.8, 4) is 0 Å². The number of nitrogens with one attached hydrogen (secondary N) is 1. The van der Waals surface area contributed by atoms with Gasteiger partial charge in [-0.15, -0.1) is 5.10 Å². The Bertz CT molecular complexity index is 430. The van der Waals surface area contributed by atoms with Crippen LogP contribution in [0.3, 0.4) is 0 Å². The van der Waals surface area contributed by atoms with Crippen LogP contribution in [-0.2, 0) is 0 Å². The first-order valence-electron chi connectivity index (χ1n) is 7.30. The first kappa shape index (κ1) is 13.4. The highest BCUT2D eigenvalue weighted by Crippen LogP contribution is 2.42. The molecule has 1 aromatic heterocycles. The molecule has 0 radical (unpaired) electrons. The lowest BCUT2D eigenvalue weighted by molar-refractivity contribution is 0.256. The molecule has 2 saturated carbocycles. The summed E-state index contributed by atoms with van der Waals surface area (Å²) in [5.74, 6) is 1.51. The van der Waals surface area contributed by atoms with Crippen molar-refractivity contribution in [2.24, 2.45) is 11.8 Å². The van der Waals surface area contributed by atoms with Crippen molar-refractivity contribution in [1.82, 2.24) is 25.5 Å². The summed E-state index contributed by atoms with van der Waals surface area (Å²) in [7, 11) is 2.08. The van der Waals surface area contributed by atoms with Gasteiger partial charge in [0.05, 0.1) is 6.04 Å². The highest BCUT2D eigenvalue weighted by Gasteiger charge is 2.36. The van der Waals surface area contributed by atoms with Gasteiger partial charge in [0.25, 0.3) is 0 Å². The zero-order valence-corrected chi connectivity index (χ0v) is 12.7. The van der Waals surface area contributed by atoms with Crippen LogP contribution in [0, 0.1) is 11.8 Å². The second-order valence-corrected chi connectivity index (χ2v) is 7.31. The Hall–Kier alpha value is -0.620. The van der Waals surface area contributed by atoms with Crippen LogP contribution in [0.2, 0.25) is 0 Å². The molecule has 4 unspecified atom stereocenters. The van der Waals surface area contributed by atoms with Gasteiger partial charge >= 0.3 is 0 Å². The van der Waals surface area contributed by atoms with Gasteiger partial charge in [0, 0.05) is 11.3 Å². The van der Waals surface area contributed by atoms with Crippen LogP contribution in [0.5, 0.6) is 0 Å². The number of rotatable bonds is 4. The third kappa shape index (κ3) is 2.79. The molecule has 3 rings (SSSR count). The molecule has 0 aliphatic heterocycles. The van der Waals surface area contributed by atoms with Gasteiger partial charge in [-0.25, -0.2) is 4.68 Å². The van der Waals surface area contributed by atoms with E-state index in [0.29, 0.717) is 23.3 Å². The van der Waals surface area contributed by atoms with Gasteiger partial charge in [-0.3, -0.25) is 0 Å². The molecule has 106 valence electrons. The van der Waals surface area contributed by atoms with Gasteiger partial charge in [-0.05, 0) is 55.0 Å². The summed E-state index contributed by atoms with van der Waals surface area (Å²) in [6.45, 7) is 4.72. The van der Waals surface area contributed by atoms with Crippen molar-refractivity contribution in [3.63, 3.8) is 0 Å². The second kappa shape index (κ2) is 5.40. The maximum atomic E-state index is 4.23. The Balaban J connectivity index is 1.74. The van der Waals surface area contributed by atoms with E-state index in [2.05, 4.69) is 41.7 Å². The van der Waals surface area contributed by atoms with E-state index in [4.69, 9.17) is 0 Å². The summed E-state index contributed by atoms with van der Waals surface area (Å²) in [4.78, 5) is 0. The summed E-state index contributed by atoms with van der Waals surface area (Å²) in [5.41, 5.74) is 0. The minimum atomic E-state index is 0.559. The van der Waals surface area contributed by atoms with E-state index in [1.807, 2.05) is 16.4 Å². The predicted molar refractivity (Wildman–Crippen MR) is 76.1 cm³/mol. The molecule has 6 heteroatoms. The number of nitrogens with zero attached hydrogens (tertiary/aromatic N) is 4. The SMILES string of the molecule is CNC1CC(C)CC(C)C1Sc1nnnn1C1CC1. The third-order valence-corrected chi connectivity index (χ3v) is 5.90. The lowest BCUT2D eigenvalue weighted by atomic mass is 9.80. The molecule has 2 fully saturated rings. The van der Waals surface area contributed by atoms with Crippen LogP contribution in [0.25, 0.3) is 0 Å². The van der Waals surface area contributed by atoms with Gasteiger partial charge in [0.15, 0.2) is 0 Å². The molecule has 5 nitrogen and oxygen atoms in total. The van der Waals surface area contributed by atoms with Crippen LogP contribution in [-0.4, -0.2) is 38.5 Å². The van der Waals surface area contributed by atoms with Gasteiger partial charge in [0.1, 0.15) is 0 Å². The van der Waals surface area contributed by atoms with Crippen molar-refractivity contribution in [2.75, 3.05) is 7.05 Å². The Kier molecular flexibility index (Phi) is 3.80. The number of hydrogen-bond acceptors (Lipinski definition) is 5. The summed E-state index contributed by atoms with van der Waals surface area (Å²) in [6.07, 6.45) is 5.01. The Labute approximate surface area is 118 Å². The Morgan fingerprint density at radius 1 is 1.26 bits per heavy atom. The summed E-state index contributed by atoms with van der Waals surface area (Å²) in [6, 6.07) is 1.12. The molecule has 0 aromatic carbocycles. The highest BCUT2D eigenvalue weighted by atomic mass is 32.2. The second-order valence-electron chi connectivity index (χ2n) is 6.17. The Morgan fingerprint density at radius 2 is 2.05 bits per heavy atom. The van der Waals surface area contributed by atoms with Crippen LogP contribution in [0.1, 0.15) is 45.6 Å². The Morgan fingerprint density at radius 3 is 2.74 bits per heavy atom. The minimum absolute atomic E-state index is 0.559. The standard InChI is InChI=1S/C13H23N5S/c1-8-6-9(2)12(11(7-8)14-3)19-13-15-16-17-18(13)10-4-5-10/h8-12,14H,4-7H2,1-3H3. The fourth-order valence-corrected chi connectivity index (χ4v) is 4.62. The predicted octanol–water partition coefficient (Wildman–Crippen LogP) is 2.12. The number of aromatic nitrogens is 4. The molecule has 1 N–H and O–H groups in total. The van der Waals surface area contributed by atoms with Crippen LogP contribution < -0.4 is 5.32 Å². The molecule has 0 amide bonds. The highest BCUT2D eigenvalue weighted by molar-refractivity contribution is 7.99. The van der Waals surface area contributed by atoms with E-state index in [1.165, 1.54) is 25.7 Å². The smallest absolute Gasteiger partial charge is 0.209 e. The molecule has 2 aliphatic carbocycles. The molecule has 1 heterocycles. The summed E-state index contributed by atoms with van der Waals surface area (Å²) >= 11 is 1.87. The van der Waals surface area contributed by atoms with Gasteiger partial charge in [-0.2, -0.15) is 0 Å². The number of thioether (sulfide) groups is 1. The molecular formula is C13H23N5S. The normalized spacial score (nSPS) is 35.5. The summed E-state index contributed by atoms with van der Waals surface area (Å²) < 4.78 is 2.03. The fourth-order valence-electron chi connectivity index (χ4n) is 3.24. The first-order chi connectivity index (χ1) is 9.19. The van der Waals surface area contributed by atoms with E-state index in [-0.39, 0.29) is 0 Å². The van der Waals surface area contributed by atoms with Gasteiger partial charge < -0.3 is 5.32 Å². The van der Waals surface area contributed by atoms with Crippen LogP contribution >= 0.6 is 11.8 Å². The first-order valence-corrected chi connectivity index (χ1v) is 8.18. The average Bonchev–Trinajstić information content (AvgIpc) is 3.12. The quantitative estimate of drug-likeness (QED) is 0.916. The molecular weight excluding hydrogens is 258 g/mol. The van der Waals surface area contributed by atoms with Crippen molar-refractivity contribution in [2.45, 2.75) is 62.0 Å². The van der Waals surface area contributed by atoms with Crippen molar-refractivity contribution in [3.05, 3.63) is 0 Å². The molecule has 0 bridgehead atoms. The minimum Gasteiger partial charge on any atom is -0.316 e. The van der Waals surface area contributed by atoms with E-state index >= 15 is 0 Å². The topological polar surface area (TPSA) is 55.6 Å². The van der Waals surface area contributed by atoms with Gasteiger partial charge in [0.2, 0.25) is 5.16 Å². The lowest BCUT2D eigenvalue weighted by Gasteiger charge is -2.38. The van der Waals surface area contributed by atoms with E-state index in [0.717, 1.165) is 11.1 Å². The maximum absolute atomic E-state index is 4.23. The van der Waals surface area contributed by atoms with Crippen molar-refractivity contribution >= 4 is 11.8 Å². The zero-order chi connectivity index (χ0) is 13.4.